The predicted molar refractivity (Wildman–Crippen MR) is 52.9 cm³/mol. The van der Waals surface area contributed by atoms with Crippen LogP contribution in [0.4, 0.5) is 0 Å². The van der Waals surface area contributed by atoms with E-state index in [9.17, 15) is 5.11 Å². The average molecular weight is 198 g/mol. The van der Waals surface area contributed by atoms with Gasteiger partial charge in [0, 0.05) is 6.42 Å². The van der Waals surface area contributed by atoms with Crippen LogP contribution in [0, 0.1) is 0 Å². The van der Waals surface area contributed by atoms with Crippen LogP contribution in [-0.2, 0) is 4.74 Å². The zero-order valence-electron chi connectivity index (χ0n) is 8.35. The number of hydrogen-bond acceptors (Lipinski definition) is 3. The lowest BCUT2D eigenvalue weighted by Gasteiger charge is -2.18. The molecular formula is C11H18O3. The molecule has 2 N–H and O–H groups in total. The van der Waals surface area contributed by atoms with Crippen LogP contribution >= 0.6 is 0 Å². The lowest BCUT2D eigenvalue weighted by Crippen LogP contribution is -2.24. The van der Waals surface area contributed by atoms with E-state index in [1.165, 1.54) is 18.4 Å². The summed E-state index contributed by atoms with van der Waals surface area (Å²) >= 11 is 0. The molecule has 1 aliphatic heterocycles. The molecule has 14 heavy (non-hydrogen) atoms. The van der Waals surface area contributed by atoms with Crippen molar-refractivity contribution < 1.29 is 14.9 Å². The number of aliphatic hydroxyl groups excluding tert-OH is 2. The Kier molecular flexibility index (Phi) is 3.21. The first-order valence-electron chi connectivity index (χ1n) is 5.44. The first-order valence-corrected chi connectivity index (χ1v) is 5.44. The third-order valence-electron chi connectivity index (χ3n) is 3.14. The maximum atomic E-state index is 9.58. The lowest BCUT2D eigenvalue weighted by atomic mass is 9.93. The van der Waals surface area contributed by atoms with Gasteiger partial charge in [-0.2, -0.15) is 0 Å². The van der Waals surface area contributed by atoms with Gasteiger partial charge in [-0.15, -0.1) is 0 Å². The maximum Gasteiger partial charge on any atom is 0.107 e. The van der Waals surface area contributed by atoms with Gasteiger partial charge in [0.1, 0.15) is 6.10 Å². The van der Waals surface area contributed by atoms with Crippen LogP contribution in [0.3, 0.4) is 0 Å². The smallest absolute Gasteiger partial charge is 0.107 e. The molecule has 0 spiro atoms. The molecule has 3 nitrogen and oxygen atoms in total. The fraction of sp³-hybridized carbons (Fsp3) is 0.818. The van der Waals surface area contributed by atoms with Crippen LogP contribution in [0.1, 0.15) is 32.1 Å². The van der Waals surface area contributed by atoms with Gasteiger partial charge in [0.25, 0.3) is 0 Å². The summed E-state index contributed by atoms with van der Waals surface area (Å²) in [5.74, 6) is 0. The highest BCUT2D eigenvalue weighted by molar-refractivity contribution is 5.13. The first kappa shape index (κ1) is 10.1. The molecule has 3 atom stereocenters. The summed E-state index contributed by atoms with van der Waals surface area (Å²) < 4.78 is 5.59. The van der Waals surface area contributed by atoms with Crippen LogP contribution in [0.25, 0.3) is 0 Å². The minimum atomic E-state index is -0.493. The fourth-order valence-electron chi connectivity index (χ4n) is 2.29. The summed E-state index contributed by atoms with van der Waals surface area (Å²) in [7, 11) is 0. The second-order valence-corrected chi connectivity index (χ2v) is 4.17. The van der Waals surface area contributed by atoms with E-state index >= 15 is 0 Å². The normalized spacial score (nSPS) is 38.4. The number of allylic oxidation sites excluding steroid dienone is 1. The SMILES string of the molecule is OC[C@H]1OC(C2=CCCCC2)C[C@@H]1O. The molecule has 0 aromatic heterocycles. The molecule has 2 aliphatic rings. The van der Waals surface area contributed by atoms with Crippen molar-refractivity contribution in [2.45, 2.75) is 50.4 Å². The van der Waals surface area contributed by atoms with Crippen molar-refractivity contribution in [3.63, 3.8) is 0 Å². The molecule has 0 bridgehead atoms. The van der Waals surface area contributed by atoms with Gasteiger partial charge in [-0.1, -0.05) is 6.08 Å². The van der Waals surface area contributed by atoms with Gasteiger partial charge in [-0.05, 0) is 31.3 Å². The van der Waals surface area contributed by atoms with Crippen LogP contribution in [0.5, 0.6) is 0 Å². The van der Waals surface area contributed by atoms with E-state index in [4.69, 9.17) is 9.84 Å². The van der Waals surface area contributed by atoms with Crippen molar-refractivity contribution in [1.82, 2.24) is 0 Å². The molecule has 1 unspecified atom stereocenters. The standard InChI is InChI=1S/C11H18O3/c12-7-11-9(13)6-10(14-11)8-4-2-1-3-5-8/h4,9-13H,1-3,5-7H2/t9-,10?,11+/m0/s1. The summed E-state index contributed by atoms with van der Waals surface area (Å²) in [5.41, 5.74) is 1.33. The number of ether oxygens (including phenoxy) is 1. The molecule has 1 fully saturated rings. The van der Waals surface area contributed by atoms with Gasteiger partial charge >= 0.3 is 0 Å². The highest BCUT2D eigenvalue weighted by Gasteiger charge is 2.35. The van der Waals surface area contributed by atoms with E-state index in [0.717, 1.165) is 12.8 Å². The lowest BCUT2D eigenvalue weighted by molar-refractivity contribution is -0.0140. The van der Waals surface area contributed by atoms with Crippen molar-refractivity contribution in [1.29, 1.82) is 0 Å². The number of hydrogen-bond donors (Lipinski definition) is 2. The summed E-state index contributed by atoms with van der Waals surface area (Å²) in [5, 5.41) is 18.5. The molecule has 1 heterocycles. The Balaban J connectivity index is 1.96. The van der Waals surface area contributed by atoms with Crippen molar-refractivity contribution in [2.24, 2.45) is 0 Å². The topological polar surface area (TPSA) is 49.7 Å². The van der Waals surface area contributed by atoms with Crippen LogP contribution in [0.15, 0.2) is 11.6 Å². The van der Waals surface area contributed by atoms with E-state index in [2.05, 4.69) is 6.08 Å². The minimum Gasteiger partial charge on any atom is -0.394 e. The summed E-state index contributed by atoms with van der Waals surface area (Å²) in [6.45, 7) is -0.0784. The molecule has 80 valence electrons. The van der Waals surface area contributed by atoms with Gasteiger partial charge in [0.15, 0.2) is 0 Å². The summed E-state index contributed by atoms with van der Waals surface area (Å²) in [6.07, 6.45) is 6.80. The Hall–Kier alpha value is -0.380. The third kappa shape index (κ3) is 2.00. The van der Waals surface area contributed by atoms with Crippen LogP contribution in [0.2, 0.25) is 0 Å². The van der Waals surface area contributed by atoms with Crippen molar-refractivity contribution in [3.8, 4) is 0 Å². The zero-order chi connectivity index (χ0) is 9.97. The third-order valence-corrected chi connectivity index (χ3v) is 3.14. The van der Waals surface area contributed by atoms with E-state index < -0.39 is 6.10 Å². The molecule has 0 aromatic rings. The van der Waals surface area contributed by atoms with Gasteiger partial charge in [-0.25, -0.2) is 0 Å². The molecule has 1 aliphatic carbocycles. The van der Waals surface area contributed by atoms with Gasteiger partial charge < -0.3 is 14.9 Å². The van der Waals surface area contributed by atoms with Crippen LogP contribution < -0.4 is 0 Å². The first-order chi connectivity index (χ1) is 6.81. The van der Waals surface area contributed by atoms with E-state index in [1.54, 1.807) is 0 Å². The molecule has 0 aromatic carbocycles. The van der Waals surface area contributed by atoms with Crippen molar-refractivity contribution in [3.05, 3.63) is 11.6 Å². The molecule has 0 radical (unpaired) electrons. The Morgan fingerprint density at radius 1 is 1.43 bits per heavy atom. The predicted octanol–water partition coefficient (Wildman–Crippen LogP) is 0.998. The average Bonchev–Trinajstić information content (AvgIpc) is 2.61. The monoisotopic (exact) mass is 198 g/mol. The number of aliphatic hydroxyl groups is 2. The van der Waals surface area contributed by atoms with E-state index in [1.807, 2.05) is 0 Å². The van der Waals surface area contributed by atoms with Crippen molar-refractivity contribution >= 4 is 0 Å². The Morgan fingerprint density at radius 3 is 2.86 bits per heavy atom. The summed E-state index contributed by atoms with van der Waals surface area (Å²) in [6, 6.07) is 0. The molecule has 1 saturated heterocycles. The van der Waals surface area contributed by atoms with Crippen LogP contribution in [-0.4, -0.2) is 35.1 Å². The molecule has 2 rings (SSSR count). The Bertz CT molecular complexity index is 225. The van der Waals surface area contributed by atoms with Gasteiger partial charge in [-0.3, -0.25) is 0 Å². The molecular weight excluding hydrogens is 180 g/mol. The molecule has 0 saturated carbocycles. The quantitative estimate of drug-likeness (QED) is 0.651. The van der Waals surface area contributed by atoms with Crippen molar-refractivity contribution in [2.75, 3.05) is 6.61 Å². The molecule has 3 heteroatoms. The maximum absolute atomic E-state index is 9.58. The highest BCUT2D eigenvalue weighted by atomic mass is 16.5. The van der Waals surface area contributed by atoms with E-state index in [0.29, 0.717) is 6.42 Å². The van der Waals surface area contributed by atoms with Gasteiger partial charge in [0.05, 0.1) is 18.8 Å². The van der Waals surface area contributed by atoms with E-state index in [-0.39, 0.29) is 18.8 Å². The Morgan fingerprint density at radius 2 is 2.29 bits per heavy atom. The number of rotatable bonds is 2. The highest BCUT2D eigenvalue weighted by Crippen LogP contribution is 2.30. The summed E-state index contributed by atoms with van der Waals surface area (Å²) in [4.78, 5) is 0. The Labute approximate surface area is 84.4 Å². The largest absolute Gasteiger partial charge is 0.394 e. The zero-order valence-corrected chi connectivity index (χ0v) is 8.35. The molecule has 0 amide bonds. The minimum absolute atomic E-state index is 0.0578. The fourth-order valence-corrected chi connectivity index (χ4v) is 2.29. The van der Waals surface area contributed by atoms with Gasteiger partial charge in [0.2, 0.25) is 0 Å². The second-order valence-electron chi connectivity index (χ2n) is 4.17. The second kappa shape index (κ2) is 4.43.